The first-order chi connectivity index (χ1) is 9.83. The SMILES string of the molecule is O[C@H](CCNc1nc2ccccc2s1)c1ccccc1. The average Bonchev–Trinajstić information content (AvgIpc) is 2.90. The molecule has 2 aromatic carbocycles. The Bertz CT molecular complexity index is 648. The van der Waals surface area contributed by atoms with Crippen molar-refractivity contribution in [2.45, 2.75) is 12.5 Å². The van der Waals surface area contributed by atoms with E-state index in [-0.39, 0.29) is 0 Å². The van der Waals surface area contributed by atoms with Gasteiger partial charge in [-0.2, -0.15) is 0 Å². The molecule has 0 aliphatic carbocycles. The van der Waals surface area contributed by atoms with Crippen LogP contribution in [0.3, 0.4) is 0 Å². The number of nitrogens with one attached hydrogen (secondary N) is 1. The van der Waals surface area contributed by atoms with Gasteiger partial charge in [0.25, 0.3) is 0 Å². The predicted octanol–water partition coefficient (Wildman–Crippen LogP) is 3.83. The van der Waals surface area contributed by atoms with E-state index >= 15 is 0 Å². The number of aromatic nitrogens is 1. The van der Waals surface area contributed by atoms with Crippen molar-refractivity contribution in [1.29, 1.82) is 0 Å². The molecule has 0 fully saturated rings. The minimum Gasteiger partial charge on any atom is -0.388 e. The van der Waals surface area contributed by atoms with Gasteiger partial charge < -0.3 is 10.4 Å². The Hall–Kier alpha value is -1.91. The first-order valence-electron chi connectivity index (χ1n) is 6.65. The third-order valence-electron chi connectivity index (χ3n) is 3.17. The molecular formula is C16H16N2OS. The van der Waals surface area contributed by atoms with Crippen molar-refractivity contribution in [1.82, 2.24) is 4.98 Å². The number of nitrogens with zero attached hydrogens (tertiary/aromatic N) is 1. The van der Waals surface area contributed by atoms with E-state index in [0.29, 0.717) is 13.0 Å². The maximum Gasteiger partial charge on any atom is 0.183 e. The molecule has 3 nitrogen and oxygen atoms in total. The normalized spacial score (nSPS) is 12.4. The van der Waals surface area contributed by atoms with Gasteiger partial charge in [0.1, 0.15) is 0 Å². The topological polar surface area (TPSA) is 45.1 Å². The van der Waals surface area contributed by atoms with E-state index < -0.39 is 6.10 Å². The predicted molar refractivity (Wildman–Crippen MR) is 84.1 cm³/mol. The molecule has 3 aromatic rings. The van der Waals surface area contributed by atoms with Crippen molar-refractivity contribution in [3.63, 3.8) is 0 Å². The van der Waals surface area contributed by atoms with Crippen molar-refractivity contribution >= 4 is 26.7 Å². The summed E-state index contributed by atoms with van der Waals surface area (Å²) in [7, 11) is 0. The number of aliphatic hydroxyl groups is 1. The molecule has 0 saturated heterocycles. The minimum atomic E-state index is -0.432. The first kappa shape index (κ1) is 13.1. The average molecular weight is 284 g/mol. The summed E-state index contributed by atoms with van der Waals surface area (Å²) in [6.45, 7) is 0.704. The number of hydrogen-bond donors (Lipinski definition) is 2. The lowest BCUT2D eigenvalue weighted by Crippen LogP contribution is -2.07. The lowest BCUT2D eigenvalue weighted by Gasteiger charge is -2.10. The standard InChI is InChI=1S/C16H16N2OS/c19-14(12-6-2-1-3-7-12)10-11-17-16-18-13-8-4-5-9-15(13)20-16/h1-9,14,19H,10-11H2,(H,17,18)/t14-/m1/s1. The van der Waals surface area contributed by atoms with Gasteiger partial charge in [0.15, 0.2) is 5.13 Å². The van der Waals surface area contributed by atoms with E-state index in [1.807, 2.05) is 48.5 Å². The number of thiazole rings is 1. The van der Waals surface area contributed by atoms with Gasteiger partial charge in [-0.15, -0.1) is 0 Å². The maximum absolute atomic E-state index is 10.1. The summed E-state index contributed by atoms with van der Waals surface area (Å²) >= 11 is 1.64. The third kappa shape index (κ3) is 2.98. The maximum atomic E-state index is 10.1. The van der Waals surface area contributed by atoms with Crippen molar-refractivity contribution in [3.05, 3.63) is 60.2 Å². The Morgan fingerprint density at radius 2 is 1.80 bits per heavy atom. The smallest absolute Gasteiger partial charge is 0.183 e. The van der Waals surface area contributed by atoms with E-state index in [1.54, 1.807) is 11.3 Å². The molecule has 0 amide bonds. The number of fused-ring (bicyclic) bond motifs is 1. The minimum absolute atomic E-state index is 0.432. The highest BCUT2D eigenvalue weighted by Gasteiger charge is 2.07. The summed E-state index contributed by atoms with van der Waals surface area (Å²) in [4.78, 5) is 4.51. The van der Waals surface area contributed by atoms with E-state index in [1.165, 1.54) is 4.70 Å². The second-order valence-electron chi connectivity index (χ2n) is 4.63. The molecule has 0 aliphatic rings. The number of hydrogen-bond acceptors (Lipinski definition) is 4. The van der Waals surface area contributed by atoms with Crippen LogP contribution in [0.4, 0.5) is 5.13 Å². The van der Waals surface area contributed by atoms with Crippen LogP contribution in [0.2, 0.25) is 0 Å². The second-order valence-corrected chi connectivity index (χ2v) is 5.66. The summed E-state index contributed by atoms with van der Waals surface area (Å²) in [5, 5.41) is 14.3. The van der Waals surface area contributed by atoms with Crippen LogP contribution in [0.5, 0.6) is 0 Å². The first-order valence-corrected chi connectivity index (χ1v) is 7.47. The fourth-order valence-electron chi connectivity index (χ4n) is 2.11. The van der Waals surface area contributed by atoms with Crippen molar-refractivity contribution in [2.75, 3.05) is 11.9 Å². The van der Waals surface area contributed by atoms with Gasteiger partial charge in [0.2, 0.25) is 0 Å². The van der Waals surface area contributed by atoms with Crippen molar-refractivity contribution in [2.24, 2.45) is 0 Å². The van der Waals surface area contributed by atoms with Gasteiger partial charge in [-0.1, -0.05) is 53.8 Å². The number of rotatable bonds is 5. The zero-order chi connectivity index (χ0) is 13.8. The Balaban J connectivity index is 1.57. The second kappa shape index (κ2) is 6.03. The summed E-state index contributed by atoms with van der Waals surface area (Å²) in [6.07, 6.45) is 0.234. The van der Waals surface area contributed by atoms with Gasteiger partial charge in [-0.05, 0) is 24.1 Å². The van der Waals surface area contributed by atoms with E-state index in [0.717, 1.165) is 16.2 Å². The molecule has 0 radical (unpaired) electrons. The number of benzene rings is 2. The van der Waals surface area contributed by atoms with Crippen LogP contribution in [0.15, 0.2) is 54.6 Å². The quantitative estimate of drug-likeness (QED) is 0.748. The molecule has 0 unspecified atom stereocenters. The van der Waals surface area contributed by atoms with Crippen LogP contribution < -0.4 is 5.32 Å². The van der Waals surface area contributed by atoms with Crippen LogP contribution >= 0.6 is 11.3 Å². The Labute approximate surface area is 121 Å². The van der Waals surface area contributed by atoms with Gasteiger partial charge in [0.05, 0.1) is 16.3 Å². The summed E-state index contributed by atoms with van der Waals surface area (Å²) < 4.78 is 1.18. The molecule has 2 N–H and O–H groups in total. The van der Waals surface area contributed by atoms with Gasteiger partial charge in [-0.25, -0.2) is 4.98 Å². The zero-order valence-electron chi connectivity index (χ0n) is 11.0. The lowest BCUT2D eigenvalue weighted by atomic mass is 10.1. The van der Waals surface area contributed by atoms with Crippen molar-refractivity contribution < 1.29 is 5.11 Å². The molecular weight excluding hydrogens is 268 g/mol. The van der Waals surface area contributed by atoms with E-state index in [2.05, 4.69) is 16.4 Å². The third-order valence-corrected chi connectivity index (χ3v) is 4.17. The molecule has 0 saturated carbocycles. The van der Waals surface area contributed by atoms with Crippen LogP contribution in [-0.4, -0.2) is 16.6 Å². The fourth-order valence-corrected chi connectivity index (χ4v) is 3.00. The highest BCUT2D eigenvalue weighted by Crippen LogP contribution is 2.25. The molecule has 4 heteroatoms. The Morgan fingerprint density at radius 1 is 1.05 bits per heavy atom. The molecule has 1 aromatic heterocycles. The van der Waals surface area contributed by atoms with E-state index in [4.69, 9.17) is 0 Å². The molecule has 0 bridgehead atoms. The Kier molecular flexibility index (Phi) is 3.95. The van der Waals surface area contributed by atoms with Crippen LogP contribution in [0.25, 0.3) is 10.2 Å². The number of anilines is 1. The van der Waals surface area contributed by atoms with Crippen LogP contribution in [0, 0.1) is 0 Å². The molecule has 0 spiro atoms. The highest BCUT2D eigenvalue weighted by atomic mass is 32.1. The molecule has 3 rings (SSSR count). The summed E-state index contributed by atoms with van der Waals surface area (Å²) in [5.41, 5.74) is 1.97. The number of aliphatic hydroxyl groups excluding tert-OH is 1. The van der Waals surface area contributed by atoms with Crippen LogP contribution in [0.1, 0.15) is 18.1 Å². The largest absolute Gasteiger partial charge is 0.388 e. The highest BCUT2D eigenvalue weighted by molar-refractivity contribution is 7.22. The molecule has 0 aliphatic heterocycles. The fraction of sp³-hybridized carbons (Fsp3) is 0.188. The van der Waals surface area contributed by atoms with Gasteiger partial charge in [0, 0.05) is 6.54 Å². The van der Waals surface area contributed by atoms with E-state index in [9.17, 15) is 5.11 Å². The number of para-hydroxylation sites is 1. The summed E-state index contributed by atoms with van der Waals surface area (Å²) in [6, 6.07) is 17.8. The Morgan fingerprint density at radius 3 is 2.60 bits per heavy atom. The molecule has 102 valence electrons. The molecule has 1 atom stereocenters. The molecule has 1 heterocycles. The summed E-state index contributed by atoms with van der Waals surface area (Å²) in [5.74, 6) is 0. The van der Waals surface area contributed by atoms with Crippen LogP contribution in [-0.2, 0) is 0 Å². The van der Waals surface area contributed by atoms with Crippen molar-refractivity contribution in [3.8, 4) is 0 Å². The monoisotopic (exact) mass is 284 g/mol. The lowest BCUT2D eigenvalue weighted by molar-refractivity contribution is 0.171. The van der Waals surface area contributed by atoms with Gasteiger partial charge in [-0.3, -0.25) is 0 Å². The van der Waals surface area contributed by atoms with Gasteiger partial charge >= 0.3 is 0 Å². The zero-order valence-corrected chi connectivity index (χ0v) is 11.8. The molecule has 20 heavy (non-hydrogen) atoms.